The summed E-state index contributed by atoms with van der Waals surface area (Å²) in [5.74, 6) is -0.414. The molecule has 0 heterocycles. The van der Waals surface area contributed by atoms with Crippen molar-refractivity contribution in [1.29, 1.82) is 0 Å². The van der Waals surface area contributed by atoms with E-state index in [9.17, 15) is 13.2 Å². The summed E-state index contributed by atoms with van der Waals surface area (Å²) in [7, 11) is -1.91. The number of rotatable bonds is 7. The first-order chi connectivity index (χ1) is 8.94. The summed E-state index contributed by atoms with van der Waals surface area (Å²) in [6.07, 6.45) is 0.644. The van der Waals surface area contributed by atoms with Crippen molar-refractivity contribution in [3.8, 4) is 0 Å². The van der Waals surface area contributed by atoms with Crippen LogP contribution in [0.15, 0.2) is 30.3 Å². The molecule has 0 saturated carbocycles. The summed E-state index contributed by atoms with van der Waals surface area (Å²) in [4.78, 5) is 11.8. The quantitative estimate of drug-likeness (QED) is 0.767. The molecule has 6 heteroatoms. The zero-order valence-corrected chi connectivity index (χ0v) is 12.0. The van der Waals surface area contributed by atoms with E-state index in [1.54, 1.807) is 0 Å². The summed E-state index contributed by atoms with van der Waals surface area (Å²) in [5, 5.41) is 2.64. The SMILES string of the molecule is CNS(=O)(=O)CCNC(=O)C(C)Cc1ccccc1. The Hall–Kier alpha value is -1.40. The average Bonchev–Trinajstić information content (AvgIpc) is 2.39. The maximum Gasteiger partial charge on any atom is 0.223 e. The lowest BCUT2D eigenvalue weighted by atomic mass is 10.0. The molecule has 0 radical (unpaired) electrons. The van der Waals surface area contributed by atoms with Crippen LogP contribution in [-0.4, -0.2) is 33.7 Å². The van der Waals surface area contributed by atoms with Gasteiger partial charge in [0.2, 0.25) is 15.9 Å². The zero-order valence-electron chi connectivity index (χ0n) is 11.2. The van der Waals surface area contributed by atoms with Gasteiger partial charge in [-0.1, -0.05) is 37.3 Å². The first kappa shape index (κ1) is 15.7. The molecule has 1 rings (SSSR count). The number of nitrogens with one attached hydrogen (secondary N) is 2. The Morgan fingerprint density at radius 1 is 1.26 bits per heavy atom. The Labute approximate surface area is 114 Å². The molecule has 19 heavy (non-hydrogen) atoms. The molecule has 1 unspecified atom stereocenters. The molecule has 0 spiro atoms. The molecule has 0 saturated heterocycles. The molecule has 0 aromatic heterocycles. The minimum atomic E-state index is -3.26. The Kier molecular flexibility index (Phi) is 5.98. The first-order valence-electron chi connectivity index (χ1n) is 6.17. The number of sulfonamides is 1. The van der Waals surface area contributed by atoms with E-state index in [0.717, 1.165) is 5.56 Å². The third-order valence-electron chi connectivity index (χ3n) is 2.81. The Balaban J connectivity index is 2.37. The summed E-state index contributed by atoms with van der Waals surface area (Å²) in [6.45, 7) is 1.95. The molecule has 1 atom stereocenters. The highest BCUT2D eigenvalue weighted by atomic mass is 32.2. The molecule has 0 aliphatic rings. The fourth-order valence-electron chi connectivity index (χ4n) is 1.65. The van der Waals surface area contributed by atoms with Gasteiger partial charge in [0.25, 0.3) is 0 Å². The van der Waals surface area contributed by atoms with Crippen molar-refractivity contribution in [1.82, 2.24) is 10.0 Å². The van der Waals surface area contributed by atoms with Crippen molar-refractivity contribution in [2.75, 3.05) is 19.3 Å². The van der Waals surface area contributed by atoms with E-state index in [1.165, 1.54) is 7.05 Å². The van der Waals surface area contributed by atoms with E-state index < -0.39 is 10.0 Å². The zero-order chi connectivity index (χ0) is 14.3. The second kappa shape index (κ2) is 7.25. The van der Waals surface area contributed by atoms with Crippen molar-refractivity contribution < 1.29 is 13.2 Å². The summed E-state index contributed by atoms with van der Waals surface area (Å²) in [6, 6.07) is 9.72. The van der Waals surface area contributed by atoms with Gasteiger partial charge in [-0.05, 0) is 19.0 Å². The van der Waals surface area contributed by atoms with Gasteiger partial charge >= 0.3 is 0 Å². The lowest BCUT2D eigenvalue weighted by Crippen LogP contribution is -2.36. The molecule has 2 N–H and O–H groups in total. The van der Waals surface area contributed by atoms with Gasteiger partial charge in [0.1, 0.15) is 0 Å². The number of hydrogen-bond acceptors (Lipinski definition) is 3. The maximum atomic E-state index is 11.8. The molecule has 0 bridgehead atoms. The van der Waals surface area contributed by atoms with E-state index in [4.69, 9.17) is 0 Å². The van der Waals surface area contributed by atoms with Gasteiger partial charge in [-0.2, -0.15) is 0 Å². The third kappa shape index (κ3) is 5.85. The van der Waals surface area contributed by atoms with Crippen LogP contribution in [-0.2, 0) is 21.2 Å². The molecule has 5 nitrogen and oxygen atoms in total. The van der Waals surface area contributed by atoms with Gasteiger partial charge in [-0.15, -0.1) is 0 Å². The molecule has 1 aromatic rings. The van der Waals surface area contributed by atoms with E-state index in [-0.39, 0.29) is 24.1 Å². The minimum absolute atomic E-state index is 0.104. The molecule has 1 aromatic carbocycles. The number of carbonyl (C=O) groups excluding carboxylic acids is 1. The van der Waals surface area contributed by atoms with Crippen LogP contribution in [0.1, 0.15) is 12.5 Å². The maximum absolute atomic E-state index is 11.8. The fraction of sp³-hybridized carbons (Fsp3) is 0.462. The highest BCUT2D eigenvalue weighted by Gasteiger charge is 2.14. The fourth-order valence-corrected chi connectivity index (χ4v) is 2.22. The second-order valence-corrected chi connectivity index (χ2v) is 6.45. The molecular formula is C13H20N2O3S. The van der Waals surface area contributed by atoms with Crippen LogP contribution >= 0.6 is 0 Å². The number of hydrogen-bond donors (Lipinski definition) is 2. The molecule has 0 aliphatic heterocycles. The number of amides is 1. The predicted octanol–water partition coefficient (Wildman–Crippen LogP) is 0.531. The van der Waals surface area contributed by atoms with Gasteiger partial charge in [0.05, 0.1) is 5.75 Å². The Morgan fingerprint density at radius 3 is 2.47 bits per heavy atom. The average molecular weight is 284 g/mol. The molecule has 106 valence electrons. The predicted molar refractivity (Wildman–Crippen MR) is 75.2 cm³/mol. The Bertz CT molecular complexity index is 500. The van der Waals surface area contributed by atoms with Gasteiger partial charge in [0.15, 0.2) is 0 Å². The third-order valence-corrected chi connectivity index (χ3v) is 4.18. The van der Waals surface area contributed by atoms with Crippen LogP contribution in [0.4, 0.5) is 0 Å². The molecule has 1 amide bonds. The Morgan fingerprint density at radius 2 is 1.89 bits per heavy atom. The van der Waals surface area contributed by atoms with Gasteiger partial charge in [0, 0.05) is 12.5 Å². The molecule has 0 fully saturated rings. The second-order valence-electron chi connectivity index (χ2n) is 4.40. The minimum Gasteiger partial charge on any atom is -0.355 e. The lowest BCUT2D eigenvalue weighted by molar-refractivity contribution is -0.124. The van der Waals surface area contributed by atoms with Crippen LogP contribution in [0.2, 0.25) is 0 Å². The van der Waals surface area contributed by atoms with Crippen molar-refractivity contribution in [3.05, 3.63) is 35.9 Å². The van der Waals surface area contributed by atoms with Crippen LogP contribution in [0.3, 0.4) is 0 Å². The largest absolute Gasteiger partial charge is 0.355 e. The van der Waals surface area contributed by atoms with Gasteiger partial charge < -0.3 is 5.32 Å². The van der Waals surface area contributed by atoms with Crippen LogP contribution in [0, 0.1) is 5.92 Å². The molecule has 0 aliphatic carbocycles. The summed E-state index contributed by atoms with van der Waals surface area (Å²) in [5.41, 5.74) is 1.09. The topological polar surface area (TPSA) is 75.3 Å². The van der Waals surface area contributed by atoms with E-state index in [0.29, 0.717) is 6.42 Å². The van der Waals surface area contributed by atoms with Crippen LogP contribution < -0.4 is 10.0 Å². The summed E-state index contributed by atoms with van der Waals surface area (Å²) >= 11 is 0. The highest BCUT2D eigenvalue weighted by molar-refractivity contribution is 7.89. The smallest absolute Gasteiger partial charge is 0.223 e. The van der Waals surface area contributed by atoms with Gasteiger partial charge in [-0.3, -0.25) is 4.79 Å². The van der Waals surface area contributed by atoms with Crippen molar-refractivity contribution in [2.45, 2.75) is 13.3 Å². The van der Waals surface area contributed by atoms with Crippen molar-refractivity contribution in [2.24, 2.45) is 5.92 Å². The monoisotopic (exact) mass is 284 g/mol. The normalized spacial score (nSPS) is 12.9. The first-order valence-corrected chi connectivity index (χ1v) is 7.82. The van der Waals surface area contributed by atoms with Crippen LogP contribution in [0.25, 0.3) is 0 Å². The van der Waals surface area contributed by atoms with Crippen molar-refractivity contribution >= 4 is 15.9 Å². The number of carbonyl (C=O) groups is 1. The van der Waals surface area contributed by atoms with Crippen molar-refractivity contribution in [3.63, 3.8) is 0 Å². The standard InChI is InChI=1S/C13H20N2O3S/c1-11(10-12-6-4-3-5-7-12)13(16)15-8-9-19(17,18)14-2/h3-7,11,14H,8-10H2,1-2H3,(H,15,16). The molecular weight excluding hydrogens is 264 g/mol. The van der Waals surface area contributed by atoms with E-state index in [2.05, 4.69) is 10.0 Å². The highest BCUT2D eigenvalue weighted by Crippen LogP contribution is 2.07. The summed E-state index contributed by atoms with van der Waals surface area (Å²) < 4.78 is 24.6. The van der Waals surface area contributed by atoms with E-state index in [1.807, 2.05) is 37.3 Å². The lowest BCUT2D eigenvalue weighted by Gasteiger charge is -2.12. The van der Waals surface area contributed by atoms with Gasteiger partial charge in [-0.25, -0.2) is 13.1 Å². The van der Waals surface area contributed by atoms with Crippen LogP contribution in [0.5, 0.6) is 0 Å². The number of benzene rings is 1. The van der Waals surface area contributed by atoms with E-state index >= 15 is 0 Å².